The van der Waals surface area contributed by atoms with Crippen LogP contribution in [0.4, 0.5) is 0 Å². The summed E-state index contributed by atoms with van der Waals surface area (Å²) >= 11 is 0. The van der Waals surface area contributed by atoms with E-state index in [9.17, 15) is 9.90 Å². The van der Waals surface area contributed by atoms with Gasteiger partial charge in [-0.1, -0.05) is 18.2 Å². The van der Waals surface area contributed by atoms with Crippen molar-refractivity contribution in [3.63, 3.8) is 0 Å². The summed E-state index contributed by atoms with van der Waals surface area (Å²) in [6.45, 7) is 0. The number of phenolic OH excluding ortho intramolecular Hbond substituents is 1. The fourth-order valence-corrected chi connectivity index (χ4v) is 2.05. The van der Waals surface area contributed by atoms with E-state index in [0.29, 0.717) is 17.8 Å². The van der Waals surface area contributed by atoms with Crippen LogP contribution < -0.4 is 0 Å². The Hall–Kier alpha value is -2.55. The molecule has 1 heterocycles. The van der Waals surface area contributed by atoms with Gasteiger partial charge in [0.2, 0.25) is 0 Å². The van der Waals surface area contributed by atoms with Gasteiger partial charge in [-0.15, -0.1) is 0 Å². The van der Waals surface area contributed by atoms with E-state index in [2.05, 4.69) is 0 Å². The predicted molar refractivity (Wildman–Crippen MR) is 68.7 cm³/mol. The smallest absolute Gasteiger partial charge is 0.185 e. The third-order valence-corrected chi connectivity index (χ3v) is 2.87. The van der Waals surface area contributed by atoms with Crippen molar-refractivity contribution in [1.29, 1.82) is 0 Å². The van der Waals surface area contributed by atoms with E-state index in [1.807, 2.05) is 24.3 Å². The Bertz CT molecular complexity index is 725. The topological polar surface area (TPSA) is 50.4 Å². The zero-order chi connectivity index (χ0) is 12.5. The minimum Gasteiger partial charge on any atom is -0.508 e. The molecular weight excluding hydrogens is 228 g/mol. The average Bonchev–Trinajstić information content (AvgIpc) is 2.86. The van der Waals surface area contributed by atoms with Gasteiger partial charge in [-0.2, -0.15) is 0 Å². The predicted octanol–water partition coefficient (Wildman–Crippen LogP) is 3.62. The first-order chi connectivity index (χ1) is 8.78. The normalized spacial score (nSPS) is 10.7. The third-order valence-electron chi connectivity index (χ3n) is 2.87. The Balaban J connectivity index is 2.25. The molecule has 3 nitrogen and oxygen atoms in total. The third kappa shape index (κ3) is 1.66. The largest absolute Gasteiger partial charge is 0.508 e. The van der Waals surface area contributed by atoms with Crippen LogP contribution >= 0.6 is 0 Å². The Morgan fingerprint density at radius 3 is 2.72 bits per heavy atom. The van der Waals surface area contributed by atoms with Crippen molar-refractivity contribution >= 4 is 17.1 Å². The lowest BCUT2D eigenvalue weighted by atomic mass is 10.0. The van der Waals surface area contributed by atoms with Crippen molar-refractivity contribution in [2.45, 2.75) is 0 Å². The van der Waals surface area contributed by atoms with E-state index in [1.54, 1.807) is 24.3 Å². The summed E-state index contributed by atoms with van der Waals surface area (Å²) in [5.41, 5.74) is 0.903. The lowest BCUT2D eigenvalue weighted by Crippen LogP contribution is -1.79. The Morgan fingerprint density at radius 2 is 1.94 bits per heavy atom. The molecule has 0 bridgehead atoms. The van der Waals surface area contributed by atoms with E-state index >= 15 is 0 Å². The zero-order valence-corrected chi connectivity index (χ0v) is 9.46. The molecule has 0 atom stereocenters. The molecule has 0 spiro atoms. The van der Waals surface area contributed by atoms with Gasteiger partial charge in [0.1, 0.15) is 11.5 Å². The minimum atomic E-state index is 0.229. The summed E-state index contributed by atoms with van der Waals surface area (Å²) in [4.78, 5) is 10.6. The van der Waals surface area contributed by atoms with Gasteiger partial charge in [-0.3, -0.25) is 4.79 Å². The highest BCUT2D eigenvalue weighted by Crippen LogP contribution is 2.31. The van der Waals surface area contributed by atoms with Crippen LogP contribution in [0.2, 0.25) is 0 Å². The van der Waals surface area contributed by atoms with Crippen molar-refractivity contribution in [3.8, 4) is 17.1 Å². The van der Waals surface area contributed by atoms with Crippen LogP contribution in [0.15, 0.2) is 52.9 Å². The van der Waals surface area contributed by atoms with Crippen molar-refractivity contribution in [1.82, 2.24) is 0 Å². The van der Waals surface area contributed by atoms with Crippen LogP contribution in [0.1, 0.15) is 10.6 Å². The number of carbonyl (C=O) groups is 1. The Labute approximate surface area is 103 Å². The summed E-state index contributed by atoms with van der Waals surface area (Å²) in [6, 6.07) is 14.3. The number of benzene rings is 2. The number of phenols is 1. The molecule has 1 aromatic heterocycles. The number of hydrogen-bond donors (Lipinski definition) is 1. The van der Waals surface area contributed by atoms with Crippen molar-refractivity contribution < 1.29 is 14.3 Å². The van der Waals surface area contributed by atoms with E-state index in [-0.39, 0.29) is 5.75 Å². The maximum absolute atomic E-state index is 10.6. The first-order valence-electron chi connectivity index (χ1n) is 5.55. The highest BCUT2D eigenvalue weighted by Gasteiger charge is 2.08. The number of aldehydes is 1. The van der Waals surface area contributed by atoms with E-state index in [1.165, 1.54) is 0 Å². The summed E-state index contributed by atoms with van der Waals surface area (Å²) in [6.07, 6.45) is 0.681. The highest BCUT2D eigenvalue weighted by atomic mass is 16.3. The monoisotopic (exact) mass is 238 g/mol. The summed E-state index contributed by atoms with van der Waals surface area (Å²) in [7, 11) is 0. The fourth-order valence-electron chi connectivity index (χ4n) is 2.05. The van der Waals surface area contributed by atoms with E-state index in [0.717, 1.165) is 16.3 Å². The molecule has 88 valence electrons. The molecule has 1 N–H and O–H groups in total. The van der Waals surface area contributed by atoms with Crippen molar-refractivity contribution in [2.75, 3.05) is 0 Å². The minimum absolute atomic E-state index is 0.229. The molecule has 0 aliphatic heterocycles. The second kappa shape index (κ2) is 4.04. The van der Waals surface area contributed by atoms with Crippen molar-refractivity contribution in [2.24, 2.45) is 0 Å². The highest BCUT2D eigenvalue weighted by molar-refractivity contribution is 5.96. The second-order valence-electron chi connectivity index (χ2n) is 4.03. The Morgan fingerprint density at radius 1 is 1.06 bits per heavy atom. The number of hydrogen-bond acceptors (Lipinski definition) is 3. The molecule has 0 fully saturated rings. The van der Waals surface area contributed by atoms with Crippen LogP contribution in [0, 0.1) is 0 Å². The zero-order valence-electron chi connectivity index (χ0n) is 9.46. The standard InChI is InChI=1S/C15H10O3/c16-9-12-5-7-15(18-12)14-3-1-2-10-8-11(17)4-6-13(10)14/h1-9,17H. The van der Waals surface area contributed by atoms with Gasteiger partial charge < -0.3 is 9.52 Å². The van der Waals surface area contributed by atoms with E-state index in [4.69, 9.17) is 4.42 Å². The molecule has 0 radical (unpaired) electrons. The van der Waals surface area contributed by atoms with Gasteiger partial charge in [0, 0.05) is 5.56 Å². The van der Waals surface area contributed by atoms with Crippen LogP contribution in [-0.2, 0) is 0 Å². The molecule has 2 aromatic carbocycles. The van der Waals surface area contributed by atoms with Crippen molar-refractivity contribution in [3.05, 3.63) is 54.3 Å². The number of rotatable bonds is 2. The van der Waals surface area contributed by atoms with Gasteiger partial charge in [0.25, 0.3) is 0 Å². The maximum Gasteiger partial charge on any atom is 0.185 e. The Kier molecular flexibility index (Phi) is 2.38. The SMILES string of the molecule is O=Cc1ccc(-c2cccc3cc(O)ccc23)o1. The first-order valence-corrected chi connectivity index (χ1v) is 5.55. The van der Waals surface area contributed by atoms with E-state index < -0.39 is 0 Å². The van der Waals surface area contributed by atoms with Crippen LogP contribution in [0.3, 0.4) is 0 Å². The van der Waals surface area contributed by atoms with Gasteiger partial charge in [0.05, 0.1) is 0 Å². The van der Waals surface area contributed by atoms with Crippen LogP contribution in [0.25, 0.3) is 22.1 Å². The first kappa shape index (κ1) is 10.6. The molecule has 0 aliphatic carbocycles. The lowest BCUT2D eigenvalue weighted by Gasteiger charge is -2.04. The number of fused-ring (bicyclic) bond motifs is 1. The summed E-state index contributed by atoms with van der Waals surface area (Å²) in [5, 5.41) is 11.4. The molecule has 0 unspecified atom stereocenters. The summed E-state index contributed by atoms with van der Waals surface area (Å²) in [5.74, 6) is 1.18. The number of carbonyl (C=O) groups excluding carboxylic acids is 1. The van der Waals surface area contributed by atoms with Gasteiger partial charge in [-0.25, -0.2) is 0 Å². The molecule has 0 amide bonds. The quantitative estimate of drug-likeness (QED) is 0.694. The maximum atomic E-state index is 10.6. The van der Waals surface area contributed by atoms with Crippen LogP contribution in [-0.4, -0.2) is 11.4 Å². The second-order valence-corrected chi connectivity index (χ2v) is 4.03. The molecule has 0 saturated carbocycles. The molecule has 3 aromatic rings. The molecule has 0 aliphatic rings. The molecular formula is C15H10O3. The summed E-state index contributed by atoms with van der Waals surface area (Å²) < 4.78 is 5.43. The average molecular weight is 238 g/mol. The number of furan rings is 1. The molecule has 3 rings (SSSR count). The fraction of sp³-hybridized carbons (Fsp3) is 0. The van der Waals surface area contributed by atoms with Gasteiger partial charge in [-0.05, 0) is 41.1 Å². The van der Waals surface area contributed by atoms with Crippen LogP contribution in [0.5, 0.6) is 5.75 Å². The number of aromatic hydroxyl groups is 1. The molecule has 0 saturated heterocycles. The molecule has 18 heavy (non-hydrogen) atoms. The van der Waals surface area contributed by atoms with Gasteiger partial charge >= 0.3 is 0 Å². The van der Waals surface area contributed by atoms with Gasteiger partial charge in [0.15, 0.2) is 12.0 Å². The molecule has 3 heteroatoms. The lowest BCUT2D eigenvalue weighted by molar-refractivity contribution is 0.110.